The second-order valence-corrected chi connectivity index (χ2v) is 5.37. The summed E-state index contributed by atoms with van der Waals surface area (Å²) in [7, 11) is 0. The van der Waals surface area contributed by atoms with E-state index in [0.29, 0.717) is 0 Å². The first kappa shape index (κ1) is 13.1. The first-order valence-electron chi connectivity index (χ1n) is 5.78. The third-order valence-electron chi connectivity index (χ3n) is 2.80. The number of nitrogens with one attached hydrogen (secondary N) is 1. The highest BCUT2D eigenvalue weighted by Crippen LogP contribution is 2.18. The first-order chi connectivity index (χ1) is 8.66. The molecule has 0 bridgehead atoms. The van der Waals surface area contributed by atoms with Crippen LogP contribution in [0.15, 0.2) is 54.6 Å². The van der Waals surface area contributed by atoms with Crippen molar-refractivity contribution in [1.29, 1.82) is 0 Å². The molecule has 0 aromatic heterocycles. The van der Waals surface area contributed by atoms with Crippen LogP contribution < -0.4 is 5.32 Å². The average Bonchev–Trinajstić information content (AvgIpc) is 2.41. The fourth-order valence-electron chi connectivity index (χ4n) is 1.68. The number of hydrogen-bond acceptors (Lipinski definition) is 1. The van der Waals surface area contributed by atoms with Gasteiger partial charge >= 0.3 is 0 Å². The fraction of sp³-hybridized carbons (Fsp3) is 0.133. The van der Waals surface area contributed by atoms with Gasteiger partial charge in [-0.15, -0.1) is 0 Å². The Hall–Kier alpha value is -1.36. The van der Waals surface area contributed by atoms with Crippen LogP contribution in [0, 0.1) is 3.57 Å². The molecule has 2 nitrogen and oxygen atoms in total. The van der Waals surface area contributed by atoms with E-state index in [0.717, 1.165) is 14.8 Å². The summed E-state index contributed by atoms with van der Waals surface area (Å²) in [5, 5.41) is 2.93. The van der Waals surface area contributed by atoms with Crippen LogP contribution in [0.3, 0.4) is 0 Å². The third-order valence-corrected chi connectivity index (χ3v) is 3.52. The van der Waals surface area contributed by atoms with E-state index in [4.69, 9.17) is 0 Å². The molecule has 0 heterocycles. The van der Waals surface area contributed by atoms with Gasteiger partial charge in [0.15, 0.2) is 0 Å². The predicted octanol–water partition coefficient (Wildman–Crippen LogP) is 4.03. The molecule has 0 aliphatic carbocycles. The molecule has 0 aliphatic rings. The normalized spacial score (nSPS) is 11.9. The van der Waals surface area contributed by atoms with Crippen LogP contribution in [0.2, 0.25) is 0 Å². The summed E-state index contributed by atoms with van der Waals surface area (Å²) in [6.45, 7) is 1.91. The minimum Gasteiger partial charge on any atom is -0.326 e. The van der Waals surface area contributed by atoms with E-state index in [2.05, 4.69) is 27.9 Å². The number of carbonyl (C=O) groups is 1. The maximum absolute atomic E-state index is 12.1. The topological polar surface area (TPSA) is 29.1 Å². The predicted molar refractivity (Wildman–Crippen MR) is 82.6 cm³/mol. The van der Waals surface area contributed by atoms with E-state index in [-0.39, 0.29) is 11.8 Å². The zero-order valence-electron chi connectivity index (χ0n) is 10.1. The van der Waals surface area contributed by atoms with Gasteiger partial charge in [0.1, 0.15) is 0 Å². The molecule has 0 radical (unpaired) electrons. The molecule has 1 amide bonds. The summed E-state index contributed by atoms with van der Waals surface area (Å²) in [6.07, 6.45) is 0. The SMILES string of the molecule is CC(C(=O)Nc1ccc(I)cc1)c1ccccc1. The largest absolute Gasteiger partial charge is 0.326 e. The number of anilines is 1. The Morgan fingerprint density at radius 1 is 1.06 bits per heavy atom. The van der Waals surface area contributed by atoms with E-state index in [1.807, 2.05) is 61.5 Å². The van der Waals surface area contributed by atoms with Gasteiger partial charge in [-0.25, -0.2) is 0 Å². The Bertz CT molecular complexity index is 522. The van der Waals surface area contributed by atoms with Crippen molar-refractivity contribution in [3.8, 4) is 0 Å². The highest BCUT2D eigenvalue weighted by atomic mass is 127. The van der Waals surface area contributed by atoms with E-state index in [9.17, 15) is 4.79 Å². The molecule has 92 valence electrons. The number of rotatable bonds is 3. The van der Waals surface area contributed by atoms with Crippen molar-refractivity contribution in [2.75, 3.05) is 5.32 Å². The Balaban J connectivity index is 2.06. The molecule has 2 rings (SSSR count). The van der Waals surface area contributed by atoms with Gasteiger partial charge < -0.3 is 5.32 Å². The lowest BCUT2D eigenvalue weighted by Gasteiger charge is -2.12. The molecule has 0 fully saturated rings. The minimum atomic E-state index is -0.148. The summed E-state index contributed by atoms with van der Waals surface area (Å²) >= 11 is 2.24. The van der Waals surface area contributed by atoms with Crippen LogP contribution in [0.25, 0.3) is 0 Å². The smallest absolute Gasteiger partial charge is 0.231 e. The number of hydrogen-bond donors (Lipinski definition) is 1. The van der Waals surface area contributed by atoms with Crippen LogP contribution in [0.4, 0.5) is 5.69 Å². The molecule has 1 atom stereocenters. The molecule has 3 heteroatoms. The van der Waals surface area contributed by atoms with Crippen LogP contribution in [-0.4, -0.2) is 5.91 Å². The van der Waals surface area contributed by atoms with E-state index >= 15 is 0 Å². The average molecular weight is 351 g/mol. The molecule has 2 aromatic carbocycles. The van der Waals surface area contributed by atoms with Crippen molar-refractivity contribution in [3.63, 3.8) is 0 Å². The molecule has 2 aromatic rings. The number of benzene rings is 2. The van der Waals surface area contributed by atoms with Crippen molar-refractivity contribution in [1.82, 2.24) is 0 Å². The van der Waals surface area contributed by atoms with Crippen LogP contribution in [-0.2, 0) is 4.79 Å². The van der Waals surface area contributed by atoms with Crippen LogP contribution >= 0.6 is 22.6 Å². The van der Waals surface area contributed by atoms with Crippen molar-refractivity contribution in [2.45, 2.75) is 12.8 Å². The monoisotopic (exact) mass is 351 g/mol. The number of carbonyl (C=O) groups excluding carboxylic acids is 1. The quantitative estimate of drug-likeness (QED) is 0.831. The lowest BCUT2D eigenvalue weighted by atomic mass is 10.0. The molecule has 0 aliphatic heterocycles. The first-order valence-corrected chi connectivity index (χ1v) is 6.86. The van der Waals surface area contributed by atoms with Crippen molar-refractivity contribution in [2.24, 2.45) is 0 Å². The van der Waals surface area contributed by atoms with Gasteiger partial charge in [0.2, 0.25) is 5.91 Å². The standard InChI is InChI=1S/C15H14INO/c1-11(12-5-3-2-4-6-12)15(18)17-14-9-7-13(16)8-10-14/h2-11H,1H3,(H,17,18). The molecule has 0 spiro atoms. The van der Waals surface area contributed by atoms with Crippen molar-refractivity contribution >= 4 is 34.2 Å². The second kappa shape index (κ2) is 6.00. The molecular formula is C15H14INO. The molecular weight excluding hydrogens is 337 g/mol. The van der Waals surface area contributed by atoms with Gasteiger partial charge in [-0.05, 0) is 59.3 Å². The summed E-state index contributed by atoms with van der Waals surface area (Å²) in [5.41, 5.74) is 1.86. The van der Waals surface area contributed by atoms with Gasteiger partial charge in [0.25, 0.3) is 0 Å². The summed E-state index contributed by atoms with van der Waals surface area (Å²) in [6, 6.07) is 17.6. The zero-order chi connectivity index (χ0) is 13.0. The Morgan fingerprint density at radius 3 is 2.28 bits per heavy atom. The lowest BCUT2D eigenvalue weighted by molar-refractivity contribution is -0.117. The maximum Gasteiger partial charge on any atom is 0.231 e. The molecule has 18 heavy (non-hydrogen) atoms. The lowest BCUT2D eigenvalue weighted by Crippen LogP contribution is -2.18. The highest BCUT2D eigenvalue weighted by Gasteiger charge is 2.14. The summed E-state index contributed by atoms with van der Waals surface area (Å²) < 4.78 is 1.15. The Kier molecular flexibility index (Phi) is 4.36. The summed E-state index contributed by atoms with van der Waals surface area (Å²) in [4.78, 5) is 12.1. The third kappa shape index (κ3) is 3.32. The molecule has 0 saturated carbocycles. The maximum atomic E-state index is 12.1. The minimum absolute atomic E-state index is 0.0161. The van der Waals surface area contributed by atoms with Crippen LogP contribution in [0.5, 0.6) is 0 Å². The van der Waals surface area contributed by atoms with Crippen molar-refractivity contribution < 1.29 is 4.79 Å². The van der Waals surface area contributed by atoms with Gasteiger partial charge in [0, 0.05) is 9.26 Å². The van der Waals surface area contributed by atoms with Gasteiger partial charge in [-0.3, -0.25) is 4.79 Å². The fourth-order valence-corrected chi connectivity index (χ4v) is 2.04. The number of amides is 1. The zero-order valence-corrected chi connectivity index (χ0v) is 12.2. The van der Waals surface area contributed by atoms with E-state index < -0.39 is 0 Å². The van der Waals surface area contributed by atoms with Gasteiger partial charge in [0.05, 0.1) is 5.92 Å². The summed E-state index contributed by atoms with van der Waals surface area (Å²) in [5.74, 6) is -0.132. The van der Waals surface area contributed by atoms with E-state index in [1.165, 1.54) is 0 Å². The van der Waals surface area contributed by atoms with Crippen molar-refractivity contribution in [3.05, 3.63) is 63.7 Å². The van der Waals surface area contributed by atoms with Gasteiger partial charge in [-0.2, -0.15) is 0 Å². The van der Waals surface area contributed by atoms with Gasteiger partial charge in [-0.1, -0.05) is 30.3 Å². The second-order valence-electron chi connectivity index (χ2n) is 4.13. The Morgan fingerprint density at radius 2 is 1.67 bits per heavy atom. The number of halogens is 1. The molecule has 1 unspecified atom stereocenters. The Labute approximate surface area is 121 Å². The molecule has 1 N–H and O–H groups in total. The highest BCUT2D eigenvalue weighted by molar-refractivity contribution is 14.1. The van der Waals surface area contributed by atoms with Crippen LogP contribution in [0.1, 0.15) is 18.4 Å². The van der Waals surface area contributed by atoms with E-state index in [1.54, 1.807) is 0 Å². The molecule has 0 saturated heterocycles.